The van der Waals surface area contributed by atoms with Crippen LogP contribution in [0.15, 0.2) is 30.3 Å². The summed E-state index contributed by atoms with van der Waals surface area (Å²) in [6.07, 6.45) is 0. The van der Waals surface area contributed by atoms with Crippen LogP contribution in [0.5, 0.6) is 0 Å². The minimum Gasteiger partial charge on any atom is -1.00 e. The molecule has 8 heavy (non-hydrogen) atoms. The molecule has 0 heterocycles. The van der Waals surface area contributed by atoms with E-state index >= 15 is 0 Å². The maximum atomic E-state index is 2.00. The molecule has 3 heteroatoms. The summed E-state index contributed by atoms with van der Waals surface area (Å²) >= 11 is 0. The van der Waals surface area contributed by atoms with Gasteiger partial charge in [-0.2, -0.15) is 18.2 Å². The first kappa shape index (κ1) is 16.1. The van der Waals surface area contributed by atoms with Gasteiger partial charge in [0.25, 0.3) is 0 Å². The van der Waals surface area contributed by atoms with Crippen LogP contribution in [0.4, 0.5) is 0 Å². The Morgan fingerprint density at radius 1 is 0.875 bits per heavy atom. The Kier molecular flexibility index (Phi) is 22.4. The molecule has 0 aliphatic carbocycles. The van der Waals surface area contributed by atoms with Crippen molar-refractivity contribution in [3.05, 3.63) is 30.3 Å². The van der Waals surface area contributed by atoms with Crippen LogP contribution in [-0.4, -0.2) is 0 Å². The largest absolute Gasteiger partial charge is 3.00 e. The zero-order chi connectivity index (χ0) is 3.54. The monoisotopic (exact) mass is 277 g/mol. The smallest absolute Gasteiger partial charge is 1.00 e. The number of halogens is 2. The Bertz CT molecular complexity index is 66.9. The summed E-state index contributed by atoms with van der Waals surface area (Å²) in [4.78, 5) is 0. The molecule has 0 spiro atoms. The maximum absolute atomic E-state index is 2.00. The Hall–Kier alpha value is 1.28. The molecule has 1 rings (SSSR count). The number of hydrogen-bond donors (Lipinski definition) is 0. The molecule has 0 fully saturated rings. The van der Waals surface area contributed by atoms with E-state index in [1.54, 1.807) is 0 Å². The first-order chi connectivity index (χ1) is 2.50. The number of rotatable bonds is 0. The second-order valence-corrected chi connectivity index (χ2v) is 0.962. The molecular formula is C5H5Cl2Nd. The van der Waals surface area contributed by atoms with Gasteiger partial charge in [-0.05, 0) is 0 Å². The summed E-state index contributed by atoms with van der Waals surface area (Å²) in [5.74, 6) is 0. The predicted octanol–water partition coefficient (Wildman–Crippen LogP) is -4.59. The van der Waals surface area contributed by atoms with Gasteiger partial charge in [0.2, 0.25) is 0 Å². The van der Waals surface area contributed by atoms with Gasteiger partial charge in [0.15, 0.2) is 0 Å². The van der Waals surface area contributed by atoms with E-state index in [2.05, 4.69) is 0 Å². The van der Waals surface area contributed by atoms with Crippen molar-refractivity contribution in [3.8, 4) is 0 Å². The average molecular weight is 280 g/mol. The van der Waals surface area contributed by atoms with Crippen LogP contribution < -0.4 is 24.8 Å². The number of hydrogen-bond acceptors (Lipinski definition) is 0. The average Bonchev–Trinajstić information content (AvgIpc) is 1.76. The molecule has 0 aromatic heterocycles. The van der Waals surface area contributed by atoms with Gasteiger partial charge >= 0.3 is 40.8 Å². The van der Waals surface area contributed by atoms with Gasteiger partial charge < -0.3 is 24.8 Å². The maximum Gasteiger partial charge on any atom is 3.00 e. The SMILES string of the molecule is [Cl-].[Cl-].[Nd+3].c1cc[cH-]c1. The summed E-state index contributed by atoms with van der Waals surface area (Å²) in [6, 6.07) is 10.0. The van der Waals surface area contributed by atoms with Crippen molar-refractivity contribution < 1.29 is 65.7 Å². The van der Waals surface area contributed by atoms with Crippen LogP contribution in [-0.2, 0) is 0 Å². The van der Waals surface area contributed by atoms with Gasteiger partial charge in [-0.1, -0.05) is 0 Å². The second kappa shape index (κ2) is 11.1. The molecule has 0 N–H and O–H groups in total. The van der Waals surface area contributed by atoms with Crippen molar-refractivity contribution in [3.63, 3.8) is 0 Å². The Morgan fingerprint density at radius 2 is 1.25 bits per heavy atom. The zero-order valence-corrected chi connectivity index (χ0v) is 8.86. The van der Waals surface area contributed by atoms with E-state index < -0.39 is 0 Å². The summed E-state index contributed by atoms with van der Waals surface area (Å²) in [6.45, 7) is 0. The van der Waals surface area contributed by atoms with E-state index in [4.69, 9.17) is 0 Å². The molecule has 0 saturated heterocycles. The molecule has 0 aliphatic rings. The standard InChI is InChI=1S/C5H5.2ClH.Nd/c1-2-4-5-3-1;;;/h1-5H;2*1H;/q-1;;;+3/p-2. The minimum atomic E-state index is 0. The molecule has 0 nitrogen and oxygen atoms in total. The van der Waals surface area contributed by atoms with Crippen molar-refractivity contribution in [2.75, 3.05) is 0 Å². The van der Waals surface area contributed by atoms with Gasteiger partial charge in [0.05, 0.1) is 0 Å². The van der Waals surface area contributed by atoms with Crippen LogP contribution in [0.25, 0.3) is 0 Å². The van der Waals surface area contributed by atoms with Gasteiger partial charge in [0, 0.05) is 0 Å². The minimum absolute atomic E-state index is 0. The van der Waals surface area contributed by atoms with Gasteiger partial charge in [0.1, 0.15) is 0 Å². The molecule has 0 saturated carbocycles. The van der Waals surface area contributed by atoms with Crippen LogP contribution in [0, 0.1) is 40.8 Å². The van der Waals surface area contributed by atoms with E-state index in [1.807, 2.05) is 30.3 Å². The molecule has 0 aliphatic heterocycles. The van der Waals surface area contributed by atoms with E-state index in [0.29, 0.717) is 0 Å². The van der Waals surface area contributed by atoms with E-state index in [1.165, 1.54) is 0 Å². The summed E-state index contributed by atoms with van der Waals surface area (Å²) in [7, 11) is 0. The first-order valence-corrected chi connectivity index (χ1v) is 1.67. The Balaban J connectivity index is -0.0000000833. The third kappa shape index (κ3) is 7.28. The molecule has 1 radical (unpaired) electrons. The molecule has 0 atom stereocenters. The summed E-state index contributed by atoms with van der Waals surface area (Å²) in [5.41, 5.74) is 0. The van der Waals surface area contributed by atoms with Gasteiger partial charge in [-0.3, -0.25) is 0 Å². The Labute approximate surface area is 94.8 Å². The van der Waals surface area contributed by atoms with Crippen molar-refractivity contribution in [1.82, 2.24) is 0 Å². The summed E-state index contributed by atoms with van der Waals surface area (Å²) < 4.78 is 0. The fourth-order valence-corrected chi connectivity index (χ4v) is 0.321. The quantitative estimate of drug-likeness (QED) is 0.420. The van der Waals surface area contributed by atoms with Crippen LogP contribution in [0.1, 0.15) is 0 Å². The normalized spacial score (nSPS) is 5.00. The van der Waals surface area contributed by atoms with Gasteiger partial charge in [-0.15, -0.1) is 0 Å². The van der Waals surface area contributed by atoms with Crippen LogP contribution >= 0.6 is 0 Å². The topological polar surface area (TPSA) is 0 Å². The third-order valence-electron chi connectivity index (χ3n) is 0.556. The molecular weight excluding hydrogens is 275 g/mol. The fraction of sp³-hybridized carbons (Fsp3) is 0. The van der Waals surface area contributed by atoms with Crippen molar-refractivity contribution >= 4 is 0 Å². The predicted molar refractivity (Wildman–Crippen MR) is 22.0 cm³/mol. The van der Waals surface area contributed by atoms with Crippen LogP contribution in [0.3, 0.4) is 0 Å². The van der Waals surface area contributed by atoms with Crippen molar-refractivity contribution in [2.24, 2.45) is 0 Å². The van der Waals surface area contributed by atoms with Crippen molar-refractivity contribution in [2.45, 2.75) is 0 Å². The Morgan fingerprint density at radius 3 is 1.38 bits per heavy atom. The molecule has 1 aromatic rings. The van der Waals surface area contributed by atoms with E-state index in [0.717, 1.165) is 0 Å². The molecule has 0 bridgehead atoms. The van der Waals surface area contributed by atoms with Gasteiger partial charge in [-0.25, -0.2) is 12.1 Å². The van der Waals surface area contributed by atoms with Crippen LogP contribution in [0.2, 0.25) is 0 Å². The van der Waals surface area contributed by atoms with E-state index in [-0.39, 0.29) is 65.7 Å². The molecule has 1 aromatic carbocycles. The van der Waals surface area contributed by atoms with E-state index in [9.17, 15) is 0 Å². The second-order valence-electron chi connectivity index (χ2n) is 0.962. The third-order valence-corrected chi connectivity index (χ3v) is 0.556. The fourth-order valence-electron chi connectivity index (χ4n) is 0.321. The van der Waals surface area contributed by atoms with Crippen molar-refractivity contribution in [1.29, 1.82) is 0 Å². The summed E-state index contributed by atoms with van der Waals surface area (Å²) in [5, 5.41) is 0. The first-order valence-electron chi connectivity index (χ1n) is 1.67. The molecule has 0 unspecified atom stereocenters. The molecule has 0 amide bonds. The zero-order valence-electron chi connectivity index (χ0n) is 4.14. The molecule has 43 valence electrons.